The first-order valence-electron chi connectivity index (χ1n) is 6.04. The fourth-order valence-corrected chi connectivity index (χ4v) is 2.59. The highest BCUT2D eigenvalue weighted by molar-refractivity contribution is 6.35. The molecule has 0 saturated carbocycles. The molecule has 0 fully saturated rings. The average molecular weight is 280 g/mol. The summed E-state index contributed by atoms with van der Waals surface area (Å²) >= 11 is 6.06. The molecule has 4 nitrogen and oxygen atoms in total. The Balaban J connectivity index is 3.04. The lowest BCUT2D eigenvalue weighted by Gasteiger charge is -2.14. The van der Waals surface area contributed by atoms with Crippen LogP contribution < -0.4 is 5.56 Å². The Kier molecular flexibility index (Phi) is 3.62. The first kappa shape index (κ1) is 13.6. The minimum Gasteiger partial charge on any atom is -0.478 e. The van der Waals surface area contributed by atoms with Crippen LogP contribution in [0.5, 0.6) is 0 Å². The minimum absolute atomic E-state index is 0.144. The third-order valence-electron chi connectivity index (χ3n) is 3.17. The van der Waals surface area contributed by atoms with Gasteiger partial charge in [-0.05, 0) is 19.4 Å². The largest absolute Gasteiger partial charge is 0.478 e. The number of benzene rings is 1. The van der Waals surface area contributed by atoms with Gasteiger partial charge in [-0.15, -0.1) is 0 Å². The molecule has 0 bridgehead atoms. The molecule has 0 amide bonds. The van der Waals surface area contributed by atoms with Gasteiger partial charge in [0.1, 0.15) is 0 Å². The molecule has 1 aromatic carbocycles. The van der Waals surface area contributed by atoms with Crippen LogP contribution in [-0.4, -0.2) is 15.6 Å². The topological polar surface area (TPSA) is 59.3 Å². The summed E-state index contributed by atoms with van der Waals surface area (Å²) in [6, 6.07) is 4.87. The second-order valence-electron chi connectivity index (χ2n) is 4.38. The number of carboxylic acids is 1. The second-order valence-corrected chi connectivity index (χ2v) is 4.79. The van der Waals surface area contributed by atoms with E-state index < -0.39 is 5.97 Å². The van der Waals surface area contributed by atoms with Crippen LogP contribution in [0.1, 0.15) is 29.4 Å². The highest BCUT2D eigenvalue weighted by atomic mass is 35.5. The number of carboxylic acid groups (broad SMARTS) is 1. The van der Waals surface area contributed by atoms with E-state index in [0.717, 1.165) is 6.42 Å². The van der Waals surface area contributed by atoms with Crippen LogP contribution in [0.3, 0.4) is 0 Å². The van der Waals surface area contributed by atoms with Crippen molar-refractivity contribution in [2.45, 2.75) is 26.8 Å². The highest BCUT2D eigenvalue weighted by Crippen LogP contribution is 2.25. The molecular weight excluding hydrogens is 266 g/mol. The number of hydrogen-bond donors (Lipinski definition) is 1. The summed E-state index contributed by atoms with van der Waals surface area (Å²) in [6.45, 7) is 4.07. The molecular formula is C14H14ClNO3. The van der Waals surface area contributed by atoms with Gasteiger partial charge in [-0.1, -0.05) is 30.7 Å². The van der Waals surface area contributed by atoms with Crippen molar-refractivity contribution >= 4 is 28.3 Å². The van der Waals surface area contributed by atoms with Gasteiger partial charge in [0.05, 0.1) is 16.0 Å². The maximum atomic E-state index is 12.4. The molecule has 0 aliphatic heterocycles. The third kappa shape index (κ3) is 2.12. The van der Waals surface area contributed by atoms with Crippen molar-refractivity contribution in [3.8, 4) is 0 Å². The fraction of sp³-hybridized carbons (Fsp3) is 0.286. The van der Waals surface area contributed by atoms with Gasteiger partial charge in [0.15, 0.2) is 0 Å². The molecule has 2 aromatic rings. The molecule has 0 unspecified atom stereocenters. The molecule has 19 heavy (non-hydrogen) atoms. The van der Waals surface area contributed by atoms with E-state index in [1.54, 1.807) is 25.1 Å². The Bertz CT molecular complexity index is 719. The summed E-state index contributed by atoms with van der Waals surface area (Å²) < 4.78 is 1.48. The number of nitrogens with zero attached hydrogens (tertiary/aromatic N) is 1. The zero-order chi connectivity index (χ0) is 14.2. The molecule has 1 N–H and O–H groups in total. The van der Waals surface area contributed by atoms with Crippen LogP contribution in [-0.2, 0) is 6.54 Å². The van der Waals surface area contributed by atoms with E-state index in [4.69, 9.17) is 11.6 Å². The van der Waals surface area contributed by atoms with Gasteiger partial charge in [0, 0.05) is 17.6 Å². The number of carbonyl (C=O) groups is 1. The van der Waals surface area contributed by atoms with Gasteiger partial charge < -0.3 is 9.67 Å². The summed E-state index contributed by atoms with van der Waals surface area (Å²) in [4.78, 5) is 23.9. The van der Waals surface area contributed by atoms with E-state index in [2.05, 4.69) is 0 Å². The van der Waals surface area contributed by atoms with Gasteiger partial charge >= 0.3 is 5.97 Å². The number of aromatic nitrogens is 1. The molecule has 1 aromatic heterocycles. The Labute approximate surface area is 115 Å². The predicted octanol–water partition coefficient (Wildman–Crippen LogP) is 3.07. The molecule has 100 valence electrons. The van der Waals surface area contributed by atoms with Crippen molar-refractivity contribution in [2.75, 3.05) is 0 Å². The van der Waals surface area contributed by atoms with E-state index in [1.807, 2.05) is 6.92 Å². The van der Waals surface area contributed by atoms with Crippen LogP contribution in [0.4, 0.5) is 0 Å². The SMILES string of the molecule is CCCn1c(C)c(C(=O)O)c2cccc(Cl)c2c1=O. The van der Waals surface area contributed by atoms with E-state index in [-0.39, 0.29) is 21.5 Å². The van der Waals surface area contributed by atoms with Crippen LogP contribution in [0.2, 0.25) is 5.02 Å². The number of hydrogen-bond acceptors (Lipinski definition) is 2. The Morgan fingerprint density at radius 1 is 1.42 bits per heavy atom. The summed E-state index contributed by atoms with van der Waals surface area (Å²) in [5.41, 5.74) is 0.379. The average Bonchev–Trinajstić information content (AvgIpc) is 2.34. The molecule has 0 atom stereocenters. The van der Waals surface area contributed by atoms with Gasteiger partial charge in [-0.25, -0.2) is 4.79 Å². The van der Waals surface area contributed by atoms with E-state index in [0.29, 0.717) is 17.6 Å². The molecule has 0 aliphatic carbocycles. The van der Waals surface area contributed by atoms with Gasteiger partial charge in [-0.3, -0.25) is 4.79 Å². The second kappa shape index (κ2) is 5.05. The maximum absolute atomic E-state index is 12.4. The Morgan fingerprint density at radius 3 is 2.68 bits per heavy atom. The van der Waals surface area contributed by atoms with Crippen LogP contribution in [0.15, 0.2) is 23.0 Å². The van der Waals surface area contributed by atoms with Gasteiger partial charge in [-0.2, -0.15) is 0 Å². The monoisotopic (exact) mass is 279 g/mol. The molecule has 0 saturated heterocycles. The third-order valence-corrected chi connectivity index (χ3v) is 3.48. The van der Waals surface area contributed by atoms with E-state index in [1.165, 1.54) is 4.57 Å². The summed E-state index contributed by atoms with van der Waals surface area (Å²) in [5.74, 6) is -1.05. The number of aromatic carboxylic acids is 1. The number of pyridine rings is 1. The van der Waals surface area contributed by atoms with Crippen LogP contribution in [0, 0.1) is 6.92 Å². The van der Waals surface area contributed by atoms with Crippen molar-refractivity contribution in [3.05, 3.63) is 44.8 Å². The summed E-state index contributed by atoms with van der Waals surface area (Å²) in [6.07, 6.45) is 0.746. The standard InChI is InChI=1S/C14H14ClNO3/c1-3-7-16-8(2)11(14(18)19)9-5-4-6-10(15)12(9)13(16)17/h4-6H,3,7H2,1-2H3,(H,18,19). The summed E-state index contributed by atoms with van der Waals surface area (Å²) in [7, 11) is 0. The smallest absolute Gasteiger partial charge is 0.338 e. The maximum Gasteiger partial charge on any atom is 0.338 e. The Hall–Kier alpha value is -1.81. The van der Waals surface area contributed by atoms with Crippen LogP contribution in [0.25, 0.3) is 10.8 Å². The zero-order valence-electron chi connectivity index (χ0n) is 10.7. The van der Waals surface area contributed by atoms with E-state index >= 15 is 0 Å². The van der Waals surface area contributed by atoms with Gasteiger partial charge in [0.2, 0.25) is 0 Å². The first-order valence-corrected chi connectivity index (χ1v) is 6.41. The fourth-order valence-electron chi connectivity index (χ4n) is 2.33. The lowest BCUT2D eigenvalue weighted by atomic mass is 10.0. The molecule has 0 spiro atoms. The number of rotatable bonds is 3. The Morgan fingerprint density at radius 2 is 2.11 bits per heavy atom. The van der Waals surface area contributed by atoms with Crippen molar-refractivity contribution in [1.82, 2.24) is 4.57 Å². The van der Waals surface area contributed by atoms with Crippen molar-refractivity contribution in [2.24, 2.45) is 0 Å². The van der Waals surface area contributed by atoms with Gasteiger partial charge in [0.25, 0.3) is 5.56 Å². The normalized spacial score (nSPS) is 10.9. The number of halogens is 1. The molecule has 0 radical (unpaired) electrons. The predicted molar refractivity (Wildman–Crippen MR) is 75.2 cm³/mol. The quantitative estimate of drug-likeness (QED) is 0.939. The first-order chi connectivity index (χ1) is 8.99. The molecule has 5 heteroatoms. The van der Waals surface area contributed by atoms with Crippen molar-refractivity contribution in [3.63, 3.8) is 0 Å². The van der Waals surface area contributed by atoms with Crippen molar-refractivity contribution in [1.29, 1.82) is 0 Å². The number of fused-ring (bicyclic) bond motifs is 1. The lowest BCUT2D eigenvalue weighted by Crippen LogP contribution is -2.25. The molecule has 1 heterocycles. The highest BCUT2D eigenvalue weighted by Gasteiger charge is 2.19. The minimum atomic E-state index is -1.05. The molecule has 2 rings (SSSR count). The van der Waals surface area contributed by atoms with Crippen molar-refractivity contribution < 1.29 is 9.90 Å². The zero-order valence-corrected chi connectivity index (χ0v) is 11.5. The lowest BCUT2D eigenvalue weighted by molar-refractivity contribution is 0.0697. The molecule has 0 aliphatic rings. The van der Waals surface area contributed by atoms with E-state index in [9.17, 15) is 14.7 Å². The summed E-state index contributed by atoms with van der Waals surface area (Å²) in [5, 5.41) is 10.3. The van der Waals surface area contributed by atoms with Crippen LogP contribution >= 0.6 is 11.6 Å².